The molecule has 2 aromatic heterocycles. The number of aryl methyl sites for hydroxylation is 1. The van der Waals surface area contributed by atoms with E-state index < -0.39 is 0 Å². The van der Waals surface area contributed by atoms with E-state index in [0.29, 0.717) is 0 Å². The molecule has 2 heteroatoms. The van der Waals surface area contributed by atoms with E-state index in [1.165, 1.54) is 5.56 Å². The van der Waals surface area contributed by atoms with Crippen LogP contribution >= 0.6 is 0 Å². The quantitative estimate of drug-likeness (QED) is 0.684. The molecular weight excluding hydrogens is 172 g/mol. The lowest BCUT2D eigenvalue weighted by Crippen LogP contribution is -1.76. The average molecular weight is 186 g/mol. The molecule has 0 spiro atoms. The Bertz CT molecular complexity index is 292. The van der Waals surface area contributed by atoms with E-state index in [0.717, 1.165) is 6.42 Å². The van der Waals surface area contributed by atoms with Gasteiger partial charge in [-0.1, -0.05) is 13.0 Å². The number of nitrogens with zero attached hydrogens (tertiary/aromatic N) is 2. The van der Waals surface area contributed by atoms with Crippen molar-refractivity contribution in [3.8, 4) is 0 Å². The molecule has 0 aliphatic carbocycles. The average Bonchev–Trinajstić information content (AvgIpc) is 2.33. The minimum absolute atomic E-state index is 1.10. The molecule has 0 aromatic carbocycles. The van der Waals surface area contributed by atoms with Gasteiger partial charge in [0.2, 0.25) is 0 Å². The number of aromatic nitrogens is 2. The molecule has 0 saturated carbocycles. The van der Waals surface area contributed by atoms with Gasteiger partial charge in [0.1, 0.15) is 0 Å². The maximum absolute atomic E-state index is 3.89. The maximum Gasteiger partial charge on any atom is 0.0270 e. The second kappa shape index (κ2) is 6.78. The van der Waals surface area contributed by atoms with E-state index in [-0.39, 0.29) is 0 Å². The van der Waals surface area contributed by atoms with Crippen LogP contribution in [0.25, 0.3) is 0 Å². The van der Waals surface area contributed by atoms with E-state index in [1.54, 1.807) is 12.4 Å². The predicted octanol–water partition coefficient (Wildman–Crippen LogP) is 2.73. The van der Waals surface area contributed by atoms with Crippen LogP contribution in [0.15, 0.2) is 55.1 Å². The maximum atomic E-state index is 3.89. The van der Waals surface area contributed by atoms with Gasteiger partial charge in [0.15, 0.2) is 0 Å². The van der Waals surface area contributed by atoms with E-state index in [9.17, 15) is 0 Å². The van der Waals surface area contributed by atoms with Crippen molar-refractivity contribution in [2.75, 3.05) is 0 Å². The molecule has 2 rings (SSSR count). The van der Waals surface area contributed by atoms with Crippen LogP contribution in [0, 0.1) is 0 Å². The first kappa shape index (κ1) is 10.4. The molecule has 0 fully saturated rings. The van der Waals surface area contributed by atoms with Crippen LogP contribution in [0.3, 0.4) is 0 Å². The second-order valence-electron chi connectivity index (χ2n) is 2.73. The minimum atomic E-state index is 1.10. The van der Waals surface area contributed by atoms with Gasteiger partial charge in [-0.05, 0) is 36.2 Å². The Hall–Kier alpha value is -1.70. The molecule has 0 unspecified atom stereocenters. The summed E-state index contributed by atoms with van der Waals surface area (Å²) in [6.45, 7) is 2.13. The number of pyridine rings is 2. The SMILES string of the molecule is CCc1ccncc1.c1ccncc1. The van der Waals surface area contributed by atoms with Crippen LogP contribution in [0.2, 0.25) is 0 Å². The summed E-state index contributed by atoms with van der Waals surface area (Å²) in [5.41, 5.74) is 1.35. The van der Waals surface area contributed by atoms with Crippen LogP contribution in [-0.2, 0) is 6.42 Å². The first-order valence-electron chi connectivity index (χ1n) is 4.67. The zero-order chi connectivity index (χ0) is 10.1. The highest BCUT2D eigenvalue weighted by molar-refractivity contribution is 5.08. The van der Waals surface area contributed by atoms with E-state index in [1.807, 2.05) is 42.7 Å². The Balaban J connectivity index is 0.000000146. The summed E-state index contributed by atoms with van der Waals surface area (Å²) in [5.74, 6) is 0. The highest BCUT2D eigenvalue weighted by atomic mass is 14.6. The van der Waals surface area contributed by atoms with Gasteiger partial charge in [0.25, 0.3) is 0 Å². The van der Waals surface area contributed by atoms with Crippen LogP contribution < -0.4 is 0 Å². The normalized spacial score (nSPS) is 8.64. The summed E-state index contributed by atoms with van der Waals surface area (Å²) >= 11 is 0. The lowest BCUT2D eigenvalue weighted by molar-refractivity contribution is 1.12. The lowest BCUT2D eigenvalue weighted by Gasteiger charge is -1.89. The topological polar surface area (TPSA) is 25.8 Å². The van der Waals surface area contributed by atoms with Crippen LogP contribution in [0.4, 0.5) is 0 Å². The number of hydrogen-bond acceptors (Lipinski definition) is 2. The van der Waals surface area contributed by atoms with Gasteiger partial charge in [-0.25, -0.2) is 0 Å². The molecule has 0 aliphatic rings. The summed E-state index contributed by atoms with van der Waals surface area (Å²) in [5, 5.41) is 0. The van der Waals surface area contributed by atoms with Crippen molar-refractivity contribution < 1.29 is 0 Å². The third-order valence-corrected chi connectivity index (χ3v) is 1.72. The highest BCUT2D eigenvalue weighted by Crippen LogP contribution is 1.94. The van der Waals surface area contributed by atoms with Crippen LogP contribution in [0.5, 0.6) is 0 Å². The predicted molar refractivity (Wildman–Crippen MR) is 57.9 cm³/mol. The third-order valence-electron chi connectivity index (χ3n) is 1.72. The number of hydrogen-bond donors (Lipinski definition) is 0. The molecule has 0 bridgehead atoms. The fourth-order valence-corrected chi connectivity index (χ4v) is 0.931. The molecule has 0 saturated heterocycles. The van der Waals surface area contributed by atoms with Gasteiger partial charge in [0, 0.05) is 24.8 Å². The summed E-state index contributed by atoms with van der Waals surface area (Å²) in [6, 6.07) is 9.77. The first-order chi connectivity index (χ1) is 6.93. The van der Waals surface area contributed by atoms with Crippen molar-refractivity contribution in [3.05, 3.63) is 60.7 Å². The first-order valence-corrected chi connectivity index (χ1v) is 4.67. The minimum Gasteiger partial charge on any atom is -0.265 e. The molecule has 0 amide bonds. The Morgan fingerprint density at radius 3 is 1.71 bits per heavy atom. The number of rotatable bonds is 1. The molecule has 72 valence electrons. The van der Waals surface area contributed by atoms with Crippen LogP contribution in [0.1, 0.15) is 12.5 Å². The van der Waals surface area contributed by atoms with E-state index in [4.69, 9.17) is 0 Å². The van der Waals surface area contributed by atoms with Crippen molar-refractivity contribution in [3.63, 3.8) is 0 Å². The second-order valence-corrected chi connectivity index (χ2v) is 2.73. The van der Waals surface area contributed by atoms with Gasteiger partial charge < -0.3 is 0 Å². The van der Waals surface area contributed by atoms with Crippen molar-refractivity contribution in [2.45, 2.75) is 13.3 Å². The molecule has 0 radical (unpaired) electrons. The van der Waals surface area contributed by atoms with Crippen molar-refractivity contribution >= 4 is 0 Å². The van der Waals surface area contributed by atoms with Crippen molar-refractivity contribution in [2.24, 2.45) is 0 Å². The molecule has 2 heterocycles. The molecule has 0 atom stereocenters. The smallest absolute Gasteiger partial charge is 0.0270 e. The van der Waals surface area contributed by atoms with Crippen molar-refractivity contribution in [1.29, 1.82) is 0 Å². The van der Waals surface area contributed by atoms with E-state index >= 15 is 0 Å². The monoisotopic (exact) mass is 186 g/mol. The highest BCUT2D eigenvalue weighted by Gasteiger charge is 1.80. The molecule has 14 heavy (non-hydrogen) atoms. The fourth-order valence-electron chi connectivity index (χ4n) is 0.931. The van der Waals surface area contributed by atoms with E-state index in [2.05, 4.69) is 16.9 Å². The standard InChI is InChI=1S/C7H9N.C5H5N/c1-2-7-3-5-8-6-4-7;1-2-4-6-5-3-1/h3-6H,2H2,1H3;1-5H. The largest absolute Gasteiger partial charge is 0.265 e. The molecule has 2 aromatic rings. The van der Waals surface area contributed by atoms with Gasteiger partial charge >= 0.3 is 0 Å². The summed E-state index contributed by atoms with van der Waals surface area (Å²) in [4.78, 5) is 7.68. The van der Waals surface area contributed by atoms with Gasteiger partial charge in [-0.2, -0.15) is 0 Å². The third kappa shape index (κ3) is 4.36. The summed E-state index contributed by atoms with van der Waals surface area (Å²) in [6.07, 6.45) is 8.24. The Kier molecular flexibility index (Phi) is 5.03. The zero-order valence-corrected chi connectivity index (χ0v) is 8.30. The van der Waals surface area contributed by atoms with Gasteiger partial charge in [-0.15, -0.1) is 0 Å². The fraction of sp³-hybridized carbons (Fsp3) is 0.167. The van der Waals surface area contributed by atoms with Crippen LogP contribution in [-0.4, -0.2) is 9.97 Å². The van der Waals surface area contributed by atoms with Gasteiger partial charge in [0.05, 0.1) is 0 Å². The molecule has 0 N–H and O–H groups in total. The molecule has 0 aliphatic heterocycles. The van der Waals surface area contributed by atoms with Gasteiger partial charge in [-0.3, -0.25) is 9.97 Å². The lowest BCUT2D eigenvalue weighted by atomic mass is 10.2. The Morgan fingerprint density at radius 2 is 1.43 bits per heavy atom. The zero-order valence-electron chi connectivity index (χ0n) is 8.30. The summed E-state index contributed by atoms with van der Waals surface area (Å²) < 4.78 is 0. The van der Waals surface area contributed by atoms with Crippen molar-refractivity contribution in [1.82, 2.24) is 9.97 Å². The Labute approximate surface area is 84.7 Å². The summed E-state index contributed by atoms with van der Waals surface area (Å²) in [7, 11) is 0. The molecule has 2 nitrogen and oxygen atoms in total. The molecular formula is C12H14N2. The Morgan fingerprint density at radius 1 is 0.857 bits per heavy atom.